The molecule has 0 aliphatic carbocycles. The Morgan fingerprint density at radius 3 is 2.60 bits per heavy atom. The third-order valence-electron chi connectivity index (χ3n) is 5.85. The van der Waals surface area contributed by atoms with Crippen molar-refractivity contribution in [2.24, 2.45) is 5.92 Å². The Hall–Kier alpha value is -1.20. The number of benzene rings is 1. The summed E-state index contributed by atoms with van der Waals surface area (Å²) in [6.07, 6.45) is 4.27. The van der Waals surface area contributed by atoms with E-state index in [0.717, 1.165) is 50.8 Å². The van der Waals surface area contributed by atoms with Crippen LogP contribution in [0, 0.1) is 5.92 Å². The lowest BCUT2D eigenvalue weighted by atomic mass is 9.95. The van der Waals surface area contributed by atoms with E-state index < -0.39 is 0 Å². The molecule has 1 amide bonds. The highest BCUT2D eigenvalue weighted by Crippen LogP contribution is 2.28. The molecule has 2 fully saturated rings. The van der Waals surface area contributed by atoms with Crippen LogP contribution >= 0.6 is 11.8 Å². The Labute approximate surface area is 154 Å². The van der Waals surface area contributed by atoms with E-state index >= 15 is 0 Å². The summed E-state index contributed by atoms with van der Waals surface area (Å²) >= 11 is 2.08. The van der Waals surface area contributed by atoms with Gasteiger partial charge in [-0.2, -0.15) is 11.8 Å². The lowest BCUT2D eigenvalue weighted by Gasteiger charge is -2.41. The van der Waals surface area contributed by atoms with Crippen LogP contribution in [0.2, 0.25) is 0 Å². The summed E-state index contributed by atoms with van der Waals surface area (Å²) in [6, 6.07) is 8.90. The number of fused-ring (bicyclic) bond motifs is 1. The van der Waals surface area contributed by atoms with Crippen LogP contribution in [0.4, 0.5) is 0 Å². The van der Waals surface area contributed by atoms with Gasteiger partial charge in [0.2, 0.25) is 5.91 Å². The molecule has 25 heavy (non-hydrogen) atoms. The van der Waals surface area contributed by atoms with Crippen molar-refractivity contribution in [1.29, 1.82) is 0 Å². The van der Waals surface area contributed by atoms with Gasteiger partial charge in [-0.3, -0.25) is 9.69 Å². The van der Waals surface area contributed by atoms with E-state index in [0.29, 0.717) is 12.5 Å². The molecule has 3 aliphatic heterocycles. The summed E-state index contributed by atoms with van der Waals surface area (Å²) in [7, 11) is 0. The minimum absolute atomic E-state index is 0.0706. The molecular weight excluding hydrogens is 332 g/mol. The monoisotopic (exact) mass is 360 g/mol. The van der Waals surface area contributed by atoms with Crippen molar-refractivity contribution in [2.75, 3.05) is 44.3 Å². The van der Waals surface area contributed by atoms with Crippen molar-refractivity contribution < 1.29 is 9.53 Å². The van der Waals surface area contributed by atoms with E-state index in [1.807, 2.05) is 18.2 Å². The van der Waals surface area contributed by atoms with E-state index in [-0.39, 0.29) is 5.92 Å². The minimum atomic E-state index is 0.0706. The topological polar surface area (TPSA) is 32.8 Å². The number of rotatable bonds is 2. The Morgan fingerprint density at radius 2 is 1.80 bits per heavy atom. The van der Waals surface area contributed by atoms with E-state index in [1.165, 1.54) is 29.9 Å². The molecule has 0 N–H and O–H groups in total. The SMILES string of the molecule is O=C([C@H]1CCOc2ccccc2C1)N1CCN(C2CCSCC2)CC1. The van der Waals surface area contributed by atoms with Gasteiger partial charge in [-0.25, -0.2) is 0 Å². The molecule has 3 aliphatic rings. The van der Waals surface area contributed by atoms with Gasteiger partial charge in [-0.1, -0.05) is 18.2 Å². The van der Waals surface area contributed by atoms with Gasteiger partial charge in [0, 0.05) is 38.1 Å². The van der Waals surface area contributed by atoms with Crippen LogP contribution in [0.3, 0.4) is 0 Å². The molecule has 5 heteroatoms. The number of carbonyl (C=O) groups excluding carboxylic acids is 1. The maximum Gasteiger partial charge on any atom is 0.226 e. The van der Waals surface area contributed by atoms with E-state index in [2.05, 4.69) is 27.6 Å². The van der Waals surface area contributed by atoms with E-state index in [1.54, 1.807) is 0 Å². The quantitative estimate of drug-likeness (QED) is 0.812. The van der Waals surface area contributed by atoms with E-state index in [4.69, 9.17) is 4.74 Å². The van der Waals surface area contributed by atoms with Crippen molar-refractivity contribution in [1.82, 2.24) is 9.80 Å². The standard InChI is InChI=1S/C20H28N2O2S/c23-20(17-5-12-24-19-4-2-1-3-16(19)15-17)22-10-8-21(9-11-22)18-6-13-25-14-7-18/h1-4,17-18H,5-15H2/t17-/m0/s1. The predicted octanol–water partition coefficient (Wildman–Crippen LogP) is 2.67. The summed E-state index contributed by atoms with van der Waals surface area (Å²) in [5.41, 5.74) is 1.18. The molecule has 2 saturated heterocycles. The zero-order chi connectivity index (χ0) is 17.1. The number of para-hydroxylation sites is 1. The van der Waals surface area contributed by atoms with Crippen LogP contribution in [-0.4, -0.2) is 66.0 Å². The first-order chi connectivity index (χ1) is 12.3. The maximum absolute atomic E-state index is 13.0. The minimum Gasteiger partial charge on any atom is -0.493 e. The van der Waals surface area contributed by atoms with Crippen LogP contribution in [0.1, 0.15) is 24.8 Å². The first-order valence-electron chi connectivity index (χ1n) is 9.62. The zero-order valence-electron chi connectivity index (χ0n) is 14.9. The molecule has 0 saturated carbocycles. The number of thioether (sulfide) groups is 1. The number of nitrogens with zero attached hydrogens (tertiary/aromatic N) is 2. The first kappa shape index (κ1) is 17.2. The largest absolute Gasteiger partial charge is 0.493 e. The average molecular weight is 361 g/mol. The second-order valence-corrected chi connectivity index (χ2v) is 8.58. The summed E-state index contributed by atoms with van der Waals surface area (Å²) in [6.45, 7) is 4.51. The van der Waals surface area contributed by atoms with Crippen molar-refractivity contribution in [3.8, 4) is 5.75 Å². The van der Waals surface area contributed by atoms with Crippen LogP contribution < -0.4 is 4.74 Å². The number of hydrogen-bond acceptors (Lipinski definition) is 4. The lowest BCUT2D eigenvalue weighted by molar-refractivity contribution is -0.138. The summed E-state index contributed by atoms with van der Waals surface area (Å²) in [5, 5.41) is 0. The lowest BCUT2D eigenvalue weighted by Crippen LogP contribution is -2.53. The van der Waals surface area contributed by atoms with Crippen LogP contribution in [0.5, 0.6) is 5.75 Å². The second kappa shape index (κ2) is 8.00. The molecule has 4 nitrogen and oxygen atoms in total. The molecule has 3 heterocycles. The number of ether oxygens (including phenoxy) is 1. The Balaban J connectivity index is 1.34. The van der Waals surface area contributed by atoms with Crippen LogP contribution in [0.15, 0.2) is 24.3 Å². The average Bonchev–Trinajstić information content (AvgIpc) is 2.91. The molecule has 1 aromatic rings. The van der Waals surface area contributed by atoms with Gasteiger partial charge in [0.1, 0.15) is 5.75 Å². The molecule has 0 bridgehead atoms. The summed E-state index contributed by atoms with van der Waals surface area (Å²) in [5.74, 6) is 3.95. The maximum atomic E-state index is 13.0. The van der Waals surface area contributed by atoms with Gasteiger partial charge in [-0.15, -0.1) is 0 Å². The molecule has 0 unspecified atom stereocenters. The number of amides is 1. The number of carbonyl (C=O) groups is 1. The van der Waals surface area contributed by atoms with Gasteiger partial charge >= 0.3 is 0 Å². The third kappa shape index (κ3) is 3.98. The smallest absolute Gasteiger partial charge is 0.226 e. The van der Waals surface area contributed by atoms with Crippen LogP contribution in [0.25, 0.3) is 0 Å². The van der Waals surface area contributed by atoms with Crippen molar-refractivity contribution in [2.45, 2.75) is 31.7 Å². The van der Waals surface area contributed by atoms with Gasteiger partial charge < -0.3 is 9.64 Å². The molecule has 1 aromatic carbocycles. The Kier molecular flexibility index (Phi) is 5.51. The highest BCUT2D eigenvalue weighted by atomic mass is 32.2. The fourth-order valence-corrected chi connectivity index (χ4v) is 5.40. The van der Waals surface area contributed by atoms with Gasteiger partial charge in [-0.05, 0) is 48.8 Å². The summed E-state index contributed by atoms with van der Waals surface area (Å²) < 4.78 is 5.83. The Bertz CT molecular complexity index is 595. The van der Waals surface area contributed by atoms with Gasteiger partial charge in [0.15, 0.2) is 0 Å². The van der Waals surface area contributed by atoms with Crippen LogP contribution in [-0.2, 0) is 11.2 Å². The fraction of sp³-hybridized carbons (Fsp3) is 0.650. The molecular formula is C20H28N2O2S. The second-order valence-electron chi connectivity index (χ2n) is 7.35. The van der Waals surface area contributed by atoms with Crippen molar-refractivity contribution >= 4 is 17.7 Å². The van der Waals surface area contributed by atoms with E-state index in [9.17, 15) is 4.79 Å². The molecule has 1 atom stereocenters. The zero-order valence-corrected chi connectivity index (χ0v) is 15.7. The highest BCUT2D eigenvalue weighted by Gasteiger charge is 2.31. The van der Waals surface area contributed by atoms with Crippen molar-refractivity contribution in [3.05, 3.63) is 29.8 Å². The first-order valence-corrected chi connectivity index (χ1v) is 10.8. The molecule has 0 aromatic heterocycles. The molecule has 0 spiro atoms. The molecule has 4 rings (SSSR count). The van der Waals surface area contributed by atoms with Gasteiger partial charge in [0.25, 0.3) is 0 Å². The Morgan fingerprint density at radius 1 is 1.04 bits per heavy atom. The normalized spacial score (nSPS) is 25.8. The predicted molar refractivity (Wildman–Crippen MR) is 102 cm³/mol. The highest BCUT2D eigenvalue weighted by molar-refractivity contribution is 7.99. The number of hydrogen-bond donors (Lipinski definition) is 0. The van der Waals surface area contributed by atoms with Crippen molar-refractivity contribution in [3.63, 3.8) is 0 Å². The third-order valence-corrected chi connectivity index (χ3v) is 6.89. The fourth-order valence-electron chi connectivity index (χ4n) is 4.32. The van der Waals surface area contributed by atoms with Gasteiger partial charge in [0.05, 0.1) is 6.61 Å². The number of piperazine rings is 1. The molecule has 136 valence electrons. The molecule has 0 radical (unpaired) electrons. The summed E-state index contributed by atoms with van der Waals surface area (Å²) in [4.78, 5) is 17.8.